The lowest BCUT2D eigenvalue weighted by molar-refractivity contribution is 0.724. The predicted molar refractivity (Wildman–Crippen MR) is 75.8 cm³/mol. The Morgan fingerprint density at radius 2 is 2.24 bits per heavy atom. The highest BCUT2D eigenvalue weighted by atomic mass is 32.2. The van der Waals surface area contributed by atoms with Crippen LogP contribution in [0, 0.1) is 0 Å². The van der Waals surface area contributed by atoms with Crippen molar-refractivity contribution in [1.29, 1.82) is 0 Å². The van der Waals surface area contributed by atoms with Crippen LogP contribution in [0.25, 0.3) is 10.2 Å². The zero-order valence-electron chi connectivity index (χ0n) is 10.1. The maximum absolute atomic E-state index is 5.93. The summed E-state index contributed by atoms with van der Waals surface area (Å²) in [6, 6.07) is 2.45. The van der Waals surface area contributed by atoms with Crippen molar-refractivity contribution >= 4 is 33.3 Å². The van der Waals surface area contributed by atoms with Crippen LogP contribution >= 0.6 is 23.1 Å². The van der Waals surface area contributed by atoms with Gasteiger partial charge in [-0.1, -0.05) is 13.8 Å². The second-order valence-corrected chi connectivity index (χ2v) is 6.07. The van der Waals surface area contributed by atoms with Gasteiger partial charge in [0.15, 0.2) is 0 Å². The number of rotatable bonds is 5. The van der Waals surface area contributed by atoms with Crippen LogP contribution in [0.2, 0.25) is 0 Å². The van der Waals surface area contributed by atoms with Crippen molar-refractivity contribution in [2.24, 2.45) is 5.73 Å². The summed E-state index contributed by atoms with van der Waals surface area (Å²) in [6.07, 6.45) is 3.71. The Balaban J connectivity index is 2.24. The van der Waals surface area contributed by atoms with E-state index >= 15 is 0 Å². The van der Waals surface area contributed by atoms with Crippen molar-refractivity contribution in [2.45, 2.75) is 37.8 Å². The van der Waals surface area contributed by atoms with E-state index in [0.717, 1.165) is 28.5 Å². The summed E-state index contributed by atoms with van der Waals surface area (Å²) >= 11 is 3.49. The average molecular weight is 267 g/mol. The number of fused-ring (bicyclic) bond motifs is 1. The van der Waals surface area contributed by atoms with E-state index in [9.17, 15) is 0 Å². The van der Waals surface area contributed by atoms with Crippen molar-refractivity contribution in [3.8, 4) is 0 Å². The molecule has 1 unspecified atom stereocenters. The number of thioether (sulfide) groups is 1. The monoisotopic (exact) mass is 267 g/mol. The van der Waals surface area contributed by atoms with E-state index in [4.69, 9.17) is 5.73 Å². The lowest BCUT2D eigenvalue weighted by Crippen LogP contribution is -2.21. The minimum absolute atomic E-state index is 0.245. The minimum Gasteiger partial charge on any atom is -0.327 e. The number of aromatic nitrogens is 2. The third-order valence-electron chi connectivity index (χ3n) is 2.65. The molecular weight excluding hydrogens is 250 g/mol. The molecule has 2 N–H and O–H groups in total. The lowest BCUT2D eigenvalue weighted by atomic mass is 10.3. The van der Waals surface area contributed by atoms with E-state index in [1.54, 1.807) is 29.4 Å². The molecule has 2 aromatic rings. The van der Waals surface area contributed by atoms with Gasteiger partial charge in [0.05, 0.1) is 0 Å². The largest absolute Gasteiger partial charge is 0.327 e. The molecule has 2 rings (SSSR count). The molecule has 1 atom stereocenters. The Morgan fingerprint density at radius 1 is 1.41 bits per heavy atom. The van der Waals surface area contributed by atoms with Crippen LogP contribution in [0.15, 0.2) is 17.4 Å². The molecule has 0 aliphatic carbocycles. The maximum atomic E-state index is 5.93. The molecule has 0 radical (unpaired) electrons. The highest BCUT2D eigenvalue weighted by molar-refractivity contribution is 7.99. The quantitative estimate of drug-likeness (QED) is 0.668. The smallest absolute Gasteiger partial charge is 0.128 e. The zero-order chi connectivity index (χ0) is 12.3. The Labute approximate surface area is 110 Å². The Morgan fingerprint density at radius 3 is 2.94 bits per heavy atom. The molecule has 2 aromatic heterocycles. The Kier molecular flexibility index (Phi) is 4.36. The first kappa shape index (κ1) is 12.8. The van der Waals surface area contributed by atoms with Gasteiger partial charge in [0.2, 0.25) is 0 Å². The summed E-state index contributed by atoms with van der Waals surface area (Å²) < 4.78 is 0. The van der Waals surface area contributed by atoms with E-state index < -0.39 is 0 Å². The summed E-state index contributed by atoms with van der Waals surface area (Å²) in [6.45, 7) is 4.28. The number of hydrogen-bond donors (Lipinski definition) is 1. The van der Waals surface area contributed by atoms with Gasteiger partial charge in [-0.3, -0.25) is 0 Å². The summed E-state index contributed by atoms with van der Waals surface area (Å²) in [5.74, 6) is 0.917. The minimum atomic E-state index is 0.245. The van der Waals surface area contributed by atoms with Crippen LogP contribution < -0.4 is 5.73 Å². The fourth-order valence-corrected chi connectivity index (χ4v) is 3.52. The summed E-state index contributed by atoms with van der Waals surface area (Å²) in [4.78, 5) is 11.1. The van der Waals surface area contributed by atoms with E-state index in [0.29, 0.717) is 0 Å². The molecule has 0 saturated carbocycles. The Bertz CT molecular complexity index is 495. The van der Waals surface area contributed by atoms with Crippen molar-refractivity contribution < 1.29 is 0 Å². The summed E-state index contributed by atoms with van der Waals surface area (Å²) in [5, 5.41) is 2.25. The van der Waals surface area contributed by atoms with E-state index in [1.165, 1.54) is 10.3 Å². The summed E-state index contributed by atoms with van der Waals surface area (Å²) in [7, 11) is 0. The number of thiophene rings is 1. The normalized spacial score (nSPS) is 13.1. The molecule has 0 fully saturated rings. The lowest BCUT2D eigenvalue weighted by Gasteiger charge is -2.07. The average Bonchev–Trinajstić information content (AvgIpc) is 2.79. The molecule has 3 nitrogen and oxygen atoms in total. The summed E-state index contributed by atoms with van der Waals surface area (Å²) in [5.41, 5.74) is 5.93. The van der Waals surface area contributed by atoms with E-state index in [2.05, 4.69) is 29.9 Å². The van der Waals surface area contributed by atoms with Gasteiger partial charge < -0.3 is 5.73 Å². The van der Waals surface area contributed by atoms with E-state index in [1.807, 2.05) is 0 Å². The third-order valence-corrected chi connectivity index (χ3v) is 5.03. The highest BCUT2D eigenvalue weighted by Gasteiger charge is 2.09. The van der Waals surface area contributed by atoms with Crippen LogP contribution in [0.1, 0.15) is 25.1 Å². The first-order valence-corrected chi connectivity index (χ1v) is 7.66. The molecule has 92 valence electrons. The van der Waals surface area contributed by atoms with Crippen molar-refractivity contribution in [1.82, 2.24) is 9.97 Å². The molecule has 0 aliphatic heterocycles. The van der Waals surface area contributed by atoms with E-state index in [-0.39, 0.29) is 6.04 Å². The first-order chi connectivity index (χ1) is 8.24. The van der Waals surface area contributed by atoms with Gasteiger partial charge in [-0.25, -0.2) is 9.97 Å². The van der Waals surface area contributed by atoms with Gasteiger partial charge >= 0.3 is 0 Å². The molecule has 0 amide bonds. The van der Waals surface area contributed by atoms with Crippen molar-refractivity contribution in [3.05, 3.63) is 17.3 Å². The molecule has 0 aliphatic rings. The SMILES string of the molecule is CCc1cc2c(SCC(N)CC)ncnc2s1. The fraction of sp³-hybridized carbons (Fsp3) is 0.500. The van der Waals surface area contributed by atoms with Gasteiger partial charge in [-0.2, -0.15) is 0 Å². The molecule has 17 heavy (non-hydrogen) atoms. The second kappa shape index (κ2) is 5.80. The number of aryl methyl sites for hydroxylation is 1. The fourth-order valence-electron chi connectivity index (χ4n) is 1.48. The standard InChI is InChI=1S/C12H17N3S2/c1-3-8(13)6-16-11-10-5-9(4-2)17-12(10)15-7-14-11/h5,7-8H,3-4,6,13H2,1-2H3. The molecule has 0 spiro atoms. The maximum Gasteiger partial charge on any atom is 0.128 e. The van der Waals surface area contributed by atoms with Crippen molar-refractivity contribution in [2.75, 3.05) is 5.75 Å². The van der Waals surface area contributed by atoms with Crippen molar-refractivity contribution in [3.63, 3.8) is 0 Å². The molecule has 0 bridgehead atoms. The molecule has 5 heteroatoms. The van der Waals surface area contributed by atoms with Gasteiger partial charge in [0, 0.05) is 22.1 Å². The Hall–Kier alpha value is -0.650. The molecule has 2 heterocycles. The third kappa shape index (κ3) is 2.97. The van der Waals surface area contributed by atoms with Crippen LogP contribution in [-0.2, 0) is 6.42 Å². The van der Waals surface area contributed by atoms with Gasteiger partial charge in [0.25, 0.3) is 0 Å². The van der Waals surface area contributed by atoms with Crippen LogP contribution in [0.5, 0.6) is 0 Å². The van der Waals surface area contributed by atoms with Crippen LogP contribution in [-0.4, -0.2) is 21.8 Å². The molecule has 0 saturated heterocycles. The highest BCUT2D eigenvalue weighted by Crippen LogP contribution is 2.31. The van der Waals surface area contributed by atoms with Gasteiger partial charge in [-0.15, -0.1) is 23.1 Å². The molecular formula is C12H17N3S2. The van der Waals surface area contributed by atoms with Crippen LogP contribution in [0.4, 0.5) is 0 Å². The number of nitrogens with zero attached hydrogens (tertiary/aromatic N) is 2. The zero-order valence-corrected chi connectivity index (χ0v) is 11.8. The topological polar surface area (TPSA) is 51.8 Å². The number of nitrogens with two attached hydrogens (primary N) is 1. The van der Waals surface area contributed by atoms with Crippen LogP contribution in [0.3, 0.4) is 0 Å². The van der Waals surface area contributed by atoms with Gasteiger partial charge in [0.1, 0.15) is 16.2 Å². The number of hydrogen-bond acceptors (Lipinski definition) is 5. The molecule has 0 aromatic carbocycles. The first-order valence-electron chi connectivity index (χ1n) is 5.86. The second-order valence-electron chi connectivity index (χ2n) is 3.94. The predicted octanol–water partition coefficient (Wildman–Crippen LogP) is 3.08. The van der Waals surface area contributed by atoms with Gasteiger partial charge in [-0.05, 0) is 18.9 Å².